The Morgan fingerprint density at radius 3 is 2.76 bits per heavy atom. The van der Waals surface area contributed by atoms with E-state index in [-0.39, 0.29) is 11.6 Å². The van der Waals surface area contributed by atoms with Crippen LogP contribution in [0.25, 0.3) is 10.9 Å². The van der Waals surface area contributed by atoms with Gasteiger partial charge in [0.15, 0.2) is 0 Å². The van der Waals surface area contributed by atoms with Crippen LogP contribution >= 0.6 is 11.6 Å². The van der Waals surface area contributed by atoms with Gasteiger partial charge in [-0.05, 0) is 42.7 Å². The molecule has 6 nitrogen and oxygen atoms in total. The van der Waals surface area contributed by atoms with Crippen molar-refractivity contribution in [2.75, 3.05) is 19.0 Å². The summed E-state index contributed by atoms with van der Waals surface area (Å²) in [5.41, 5.74) is 2.74. The quantitative estimate of drug-likeness (QED) is 0.600. The van der Waals surface area contributed by atoms with Crippen LogP contribution in [0, 0.1) is 6.92 Å². The fourth-order valence-electron chi connectivity index (χ4n) is 3.27. The van der Waals surface area contributed by atoms with Crippen molar-refractivity contribution in [3.63, 3.8) is 0 Å². The van der Waals surface area contributed by atoms with E-state index in [0.29, 0.717) is 35.1 Å². The van der Waals surface area contributed by atoms with Crippen LogP contribution in [0.1, 0.15) is 24.5 Å². The highest BCUT2D eigenvalue weighted by Gasteiger charge is 2.17. The molecule has 152 valence electrons. The zero-order chi connectivity index (χ0) is 21.0. The summed E-state index contributed by atoms with van der Waals surface area (Å²) in [6, 6.07) is 12.2. The van der Waals surface area contributed by atoms with E-state index in [2.05, 4.69) is 10.3 Å². The van der Waals surface area contributed by atoms with Gasteiger partial charge in [-0.15, -0.1) is 0 Å². The predicted molar refractivity (Wildman–Crippen MR) is 117 cm³/mol. The van der Waals surface area contributed by atoms with Crippen LogP contribution in [-0.4, -0.2) is 29.6 Å². The number of methoxy groups -OCH3 is 1. The number of anilines is 1. The third-order valence-electron chi connectivity index (χ3n) is 4.73. The number of ether oxygens (including phenoxy) is 1. The molecule has 2 amide bonds. The average molecular weight is 414 g/mol. The van der Waals surface area contributed by atoms with Crippen molar-refractivity contribution in [3.05, 3.63) is 69.0 Å². The van der Waals surface area contributed by atoms with Gasteiger partial charge in [-0.25, -0.2) is 4.79 Å². The molecule has 3 aromatic rings. The van der Waals surface area contributed by atoms with Crippen molar-refractivity contribution in [2.24, 2.45) is 0 Å². The molecule has 0 saturated heterocycles. The number of nitrogens with zero attached hydrogens (tertiary/aromatic N) is 1. The molecule has 0 bridgehead atoms. The number of para-hydroxylation sites is 1. The summed E-state index contributed by atoms with van der Waals surface area (Å²) in [7, 11) is 1.56. The number of amides is 2. The molecular weight excluding hydrogens is 390 g/mol. The van der Waals surface area contributed by atoms with Crippen LogP contribution in [0.4, 0.5) is 10.5 Å². The van der Waals surface area contributed by atoms with Crippen molar-refractivity contribution >= 4 is 34.2 Å². The van der Waals surface area contributed by atoms with Crippen molar-refractivity contribution in [3.8, 4) is 5.75 Å². The van der Waals surface area contributed by atoms with Crippen LogP contribution in [-0.2, 0) is 6.54 Å². The van der Waals surface area contributed by atoms with Gasteiger partial charge in [-0.2, -0.15) is 0 Å². The maximum absolute atomic E-state index is 13.0. The van der Waals surface area contributed by atoms with Crippen LogP contribution in [0.15, 0.2) is 47.3 Å². The molecule has 0 unspecified atom stereocenters. The lowest BCUT2D eigenvalue weighted by molar-refractivity contribution is 0.209. The van der Waals surface area contributed by atoms with Crippen molar-refractivity contribution in [2.45, 2.75) is 26.8 Å². The van der Waals surface area contributed by atoms with E-state index in [0.717, 1.165) is 22.9 Å². The molecule has 3 rings (SSSR count). The van der Waals surface area contributed by atoms with E-state index in [1.54, 1.807) is 30.2 Å². The zero-order valence-electron chi connectivity index (χ0n) is 16.7. The van der Waals surface area contributed by atoms with Crippen LogP contribution in [0.3, 0.4) is 0 Å². The Morgan fingerprint density at radius 2 is 2.03 bits per heavy atom. The predicted octanol–water partition coefficient (Wildman–Crippen LogP) is 4.94. The third-order valence-corrected chi connectivity index (χ3v) is 4.96. The number of pyridine rings is 1. The van der Waals surface area contributed by atoms with Gasteiger partial charge in [0.25, 0.3) is 0 Å². The number of urea groups is 1. The van der Waals surface area contributed by atoms with Gasteiger partial charge < -0.3 is 19.9 Å². The molecule has 29 heavy (non-hydrogen) atoms. The molecule has 1 aromatic heterocycles. The number of fused-ring (bicyclic) bond motifs is 1. The summed E-state index contributed by atoms with van der Waals surface area (Å²) < 4.78 is 5.37. The Bertz CT molecular complexity index is 1090. The number of nitrogens with one attached hydrogen (secondary N) is 2. The van der Waals surface area contributed by atoms with E-state index < -0.39 is 0 Å². The van der Waals surface area contributed by atoms with Crippen LogP contribution in [0.5, 0.6) is 5.75 Å². The fourth-order valence-corrected chi connectivity index (χ4v) is 3.45. The highest BCUT2D eigenvalue weighted by atomic mass is 35.5. The second kappa shape index (κ2) is 9.01. The third kappa shape index (κ3) is 4.71. The molecule has 0 fully saturated rings. The van der Waals surface area contributed by atoms with Gasteiger partial charge >= 0.3 is 6.03 Å². The van der Waals surface area contributed by atoms with Gasteiger partial charge in [0, 0.05) is 35.3 Å². The number of halogens is 1. The Balaban J connectivity index is 1.94. The van der Waals surface area contributed by atoms with Crippen LogP contribution < -0.4 is 15.6 Å². The van der Waals surface area contributed by atoms with Gasteiger partial charge in [-0.3, -0.25) is 4.79 Å². The summed E-state index contributed by atoms with van der Waals surface area (Å²) in [6.45, 7) is 4.76. The number of rotatable bonds is 6. The maximum atomic E-state index is 13.0. The van der Waals surface area contributed by atoms with Gasteiger partial charge in [0.05, 0.1) is 12.6 Å². The molecule has 2 aromatic carbocycles. The Kier molecular flexibility index (Phi) is 6.44. The fraction of sp³-hybridized carbons (Fsp3) is 0.273. The van der Waals surface area contributed by atoms with Crippen LogP contribution in [0.2, 0.25) is 5.02 Å². The average Bonchev–Trinajstić information content (AvgIpc) is 2.69. The first-order chi connectivity index (χ1) is 13.9. The van der Waals surface area contributed by atoms with Crippen molar-refractivity contribution in [1.29, 1.82) is 0 Å². The Morgan fingerprint density at radius 1 is 1.24 bits per heavy atom. The van der Waals surface area contributed by atoms with E-state index in [4.69, 9.17) is 16.3 Å². The summed E-state index contributed by atoms with van der Waals surface area (Å²) in [6.07, 6.45) is 0.784. The molecule has 0 atom stereocenters. The monoisotopic (exact) mass is 413 g/mol. The standard InChI is InChI=1S/C22H24ClN3O3/c1-4-10-26(22(28)24-18-12-16(23)9-8-14(18)2)13-15-11-20(27)25-21-17(15)6-5-7-19(21)29-3/h5-9,11-12H,4,10,13H2,1-3H3,(H,24,28)(H,25,27). The summed E-state index contributed by atoms with van der Waals surface area (Å²) in [5, 5.41) is 4.33. The minimum atomic E-state index is -0.242. The Labute approximate surface area is 174 Å². The first-order valence-corrected chi connectivity index (χ1v) is 9.81. The molecule has 0 aliphatic rings. The first-order valence-electron chi connectivity index (χ1n) is 9.44. The number of benzene rings is 2. The summed E-state index contributed by atoms with van der Waals surface area (Å²) in [5.74, 6) is 0.586. The molecule has 0 aliphatic carbocycles. The normalized spacial score (nSPS) is 10.8. The number of aromatic nitrogens is 1. The van der Waals surface area contributed by atoms with E-state index in [1.807, 2.05) is 32.0 Å². The van der Waals surface area contributed by atoms with Crippen molar-refractivity contribution in [1.82, 2.24) is 9.88 Å². The summed E-state index contributed by atoms with van der Waals surface area (Å²) >= 11 is 6.07. The number of aryl methyl sites for hydroxylation is 1. The number of H-pyrrole nitrogens is 1. The number of carbonyl (C=O) groups is 1. The highest BCUT2D eigenvalue weighted by molar-refractivity contribution is 6.31. The second-order valence-corrected chi connectivity index (χ2v) is 7.29. The minimum absolute atomic E-state index is 0.237. The van der Waals surface area contributed by atoms with E-state index in [1.165, 1.54) is 6.07 Å². The highest BCUT2D eigenvalue weighted by Crippen LogP contribution is 2.26. The molecular formula is C22H24ClN3O3. The second-order valence-electron chi connectivity index (χ2n) is 6.85. The molecule has 0 saturated carbocycles. The Hall–Kier alpha value is -2.99. The van der Waals surface area contributed by atoms with E-state index >= 15 is 0 Å². The van der Waals surface area contributed by atoms with Crippen molar-refractivity contribution < 1.29 is 9.53 Å². The lowest BCUT2D eigenvalue weighted by atomic mass is 10.1. The zero-order valence-corrected chi connectivity index (χ0v) is 17.5. The maximum Gasteiger partial charge on any atom is 0.322 e. The topological polar surface area (TPSA) is 74.4 Å². The number of hydrogen-bond donors (Lipinski definition) is 2. The first kappa shape index (κ1) is 20.7. The SMILES string of the molecule is CCCN(Cc1cc(=O)[nH]c2c(OC)cccc12)C(=O)Nc1cc(Cl)ccc1C. The van der Waals surface area contributed by atoms with Gasteiger partial charge in [0.2, 0.25) is 5.56 Å². The molecule has 1 heterocycles. The molecule has 2 N–H and O–H groups in total. The number of aromatic amines is 1. The molecule has 7 heteroatoms. The van der Waals surface area contributed by atoms with Gasteiger partial charge in [0.1, 0.15) is 5.75 Å². The largest absolute Gasteiger partial charge is 0.495 e. The number of carbonyl (C=O) groups excluding carboxylic acids is 1. The molecule has 0 spiro atoms. The lowest BCUT2D eigenvalue weighted by Crippen LogP contribution is -2.35. The minimum Gasteiger partial charge on any atom is -0.495 e. The molecule has 0 radical (unpaired) electrons. The lowest BCUT2D eigenvalue weighted by Gasteiger charge is -2.24. The van der Waals surface area contributed by atoms with E-state index in [9.17, 15) is 9.59 Å². The van der Waals surface area contributed by atoms with Gasteiger partial charge in [-0.1, -0.05) is 36.7 Å². The number of hydrogen-bond acceptors (Lipinski definition) is 3. The summed E-state index contributed by atoms with van der Waals surface area (Å²) in [4.78, 5) is 29.7. The smallest absolute Gasteiger partial charge is 0.322 e. The molecule has 0 aliphatic heterocycles.